The fourth-order valence-corrected chi connectivity index (χ4v) is 1.16. The quantitative estimate of drug-likeness (QED) is 0.440. The van der Waals surface area contributed by atoms with Gasteiger partial charge in [0.25, 0.3) is 0 Å². The summed E-state index contributed by atoms with van der Waals surface area (Å²) in [4.78, 5) is 21.5. The summed E-state index contributed by atoms with van der Waals surface area (Å²) in [5, 5.41) is 0. The van der Waals surface area contributed by atoms with E-state index in [1.54, 1.807) is 24.3 Å². The van der Waals surface area contributed by atoms with Crippen LogP contribution in [0.25, 0.3) is 6.08 Å². The third-order valence-electron chi connectivity index (χ3n) is 1.99. The van der Waals surface area contributed by atoms with Gasteiger partial charge in [-0.2, -0.15) is 0 Å². The number of esters is 1. The fraction of sp³-hybridized carbons (Fsp3) is 0.167. The third kappa shape index (κ3) is 2.95. The van der Waals surface area contributed by atoms with Gasteiger partial charge in [0, 0.05) is 17.2 Å². The lowest BCUT2D eigenvalue weighted by Crippen LogP contribution is -1.94. The van der Waals surface area contributed by atoms with Gasteiger partial charge in [0.2, 0.25) is 0 Å². The van der Waals surface area contributed by atoms with Gasteiger partial charge in [0.1, 0.15) is 12.0 Å². The lowest BCUT2D eigenvalue weighted by Gasteiger charge is -2.04. The molecule has 0 saturated carbocycles. The molecule has 0 amide bonds. The van der Waals surface area contributed by atoms with Crippen LogP contribution in [0, 0.1) is 0 Å². The van der Waals surface area contributed by atoms with Crippen molar-refractivity contribution in [2.75, 3.05) is 14.2 Å². The largest absolute Gasteiger partial charge is 0.496 e. The number of ether oxygens (including phenoxy) is 2. The second kappa shape index (κ2) is 5.70. The monoisotopic (exact) mass is 220 g/mol. The van der Waals surface area contributed by atoms with Crippen molar-refractivity contribution in [2.24, 2.45) is 0 Å². The molecule has 0 heterocycles. The summed E-state index contributed by atoms with van der Waals surface area (Å²) in [6.45, 7) is 0. The Kier molecular flexibility index (Phi) is 4.27. The lowest BCUT2D eigenvalue weighted by molar-refractivity contribution is -0.134. The molecule has 0 aliphatic carbocycles. The summed E-state index contributed by atoms with van der Waals surface area (Å²) in [6.07, 6.45) is 3.59. The number of hydrogen-bond donors (Lipinski definition) is 0. The van der Waals surface area contributed by atoms with E-state index in [2.05, 4.69) is 4.74 Å². The van der Waals surface area contributed by atoms with Gasteiger partial charge in [-0.3, -0.25) is 4.79 Å². The highest BCUT2D eigenvalue weighted by atomic mass is 16.5. The first kappa shape index (κ1) is 12.0. The Bertz CT molecular complexity index is 421. The number of rotatable bonds is 4. The van der Waals surface area contributed by atoms with Crippen molar-refractivity contribution in [3.63, 3.8) is 0 Å². The van der Waals surface area contributed by atoms with Gasteiger partial charge >= 0.3 is 5.97 Å². The van der Waals surface area contributed by atoms with Crippen LogP contribution in [0.2, 0.25) is 0 Å². The van der Waals surface area contributed by atoms with E-state index in [-0.39, 0.29) is 0 Å². The van der Waals surface area contributed by atoms with Gasteiger partial charge in [-0.15, -0.1) is 0 Å². The zero-order chi connectivity index (χ0) is 12.0. The van der Waals surface area contributed by atoms with Gasteiger partial charge in [0.15, 0.2) is 0 Å². The summed E-state index contributed by atoms with van der Waals surface area (Å²) < 4.78 is 9.56. The molecule has 16 heavy (non-hydrogen) atoms. The Balaban J connectivity index is 3.00. The molecule has 0 fully saturated rings. The van der Waals surface area contributed by atoms with Crippen molar-refractivity contribution < 1.29 is 19.1 Å². The van der Waals surface area contributed by atoms with E-state index in [0.29, 0.717) is 16.9 Å². The van der Waals surface area contributed by atoms with Crippen molar-refractivity contribution in [2.45, 2.75) is 0 Å². The van der Waals surface area contributed by atoms with Crippen LogP contribution in [0.5, 0.6) is 5.75 Å². The van der Waals surface area contributed by atoms with Crippen molar-refractivity contribution in [1.82, 2.24) is 0 Å². The molecule has 0 spiro atoms. The predicted octanol–water partition coefficient (Wildman–Crippen LogP) is 1.69. The molecule has 4 nitrogen and oxygen atoms in total. The van der Waals surface area contributed by atoms with Crippen LogP contribution in [0.3, 0.4) is 0 Å². The molecule has 0 unspecified atom stereocenters. The van der Waals surface area contributed by atoms with E-state index in [9.17, 15) is 9.59 Å². The zero-order valence-corrected chi connectivity index (χ0v) is 9.10. The highest BCUT2D eigenvalue weighted by molar-refractivity contribution is 5.88. The van der Waals surface area contributed by atoms with Crippen LogP contribution in [0.1, 0.15) is 15.9 Å². The SMILES string of the molecule is COC(=O)C=Cc1ccc(C=O)cc1OC. The molecule has 0 saturated heterocycles. The molecular weight excluding hydrogens is 208 g/mol. The van der Waals surface area contributed by atoms with Gasteiger partial charge in [-0.25, -0.2) is 4.79 Å². The Morgan fingerprint density at radius 3 is 2.62 bits per heavy atom. The highest BCUT2D eigenvalue weighted by Crippen LogP contribution is 2.20. The summed E-state index contributed by atoms with van der Waals surface area (Å²) in [5.41, 5.74) is 1.23. The highest BCUT2D eigenvalue weighted by Gasteiger charge is 2.02. The second-order valence-corrected chi connectivity index (χ2v) is 2.98. The van der Waals surface area contributed by atoms with E-state index in [4.69, 9.17) is 4.74 Å². The molecule has 4 heteroatoms. The van der Waals surface area contributed by atoms with Crippen LogP contribution in [-0.2, 0) is 9.53 Å². The Morgan fingerprint density at radius 2 is 2.06 bits per heavy atom. The van der Waals surface area contributed by atoms with Crippen LogP contribution >= 0.6 is 0 Å². The molecule has 0 atom stereocenters. The molecule has 1 aromatic carbocycles. The first-order chi connectivity index (χ1) is 7.71. The van der Waals surface area contributed by atoms with Gasteiger partial charge in [-0.05, 0) is 12.1 Å². The van der Waals surface area contributed by atoms with Crippen molar-refractivity contribution in [3.8, 4) is 5.75 Å². The maximum Gasteiger partial charge on any atom is 0.330 e. The summed E-state index contributed by atoms with van der Waals surface area (Å²) in [7, 11) is 2.80. The molecule has 0 aliphatic rings. The number of carbonyl (C=O) groups is 2. The average molecular weight is 220 g/mol. The van der Waals surface area contributed by atoms with E-state index in [1.807, 2.05) is 0 Å². The van der Waals surface area contributed by atoms with Crippen molar-refractivity contribution in [3.05, 3.63) is 35.4 Å². The molecule has 0 aromatic heterocycles. The summed E-state index contributed by atoms with van der Waals surface area (Å²) >= 11 is 0. The van der Waals surface area contributed by atoms with Gasteiger partial charge in [0.05, 0.1) is 14.2 Å². The molecule has 84 valence electrons. The Labute approximate surface area is 93.5 Å². The Hall–Kier alpha value is -2.10. The predicted molar refractivity (Wildman–Crippen MR) is 59.4 cm³/mol. The molecule has 0 radical (unpaired) electrons. The zero-order valence-electron chi connectivity index (χ0n) is 9.10. The molecule has 1 aromatic rings. The maximum atomic E-state index is 10.9. The summed E-state index contributed by atoms with van der Waals surface area (Å²) in [6, 6.07) is 4.94. The smallest absolute Gasteiger partial charge is 0.330 e. The normalized spacial score (nSPS) is 10.1. The van der Waals surface area contributed by atoms with Crippen molar-refractivity contribution >= 4 is 18.3 Å². The van der Waals surface area contributed by atoms with Crippen LogP contribution < -0.4 is 4.74 Å². The van der Waals surface area contributed by atoms with E-state index < -0.39 is 5.97 Å². The van der Waals surface area contributed by atoms with E-state index in [0.717, 1.165) is 6.29 Å². The van der Waals surface area contributed by atoms with Crippen molar-refractivity contribution in [1.29, 1.82) is 0 Å². The number of benzene rings is 1. The maximum absolute atomic E-state index is 10.9. The standard InChI is InChI=1S/C12H12O4/c1-15-11-7-9(8-13)3-4-10(11)5-6-12(14)16-2/h3-8H,1-2H3. The second-order valence-electron chi connectivity index (χ2n) is 2.98. The fourth-order valence-electron chi connectivity index (χ4n) is 1.16. The summed E-state index contributed by atoms with van der Waals surface area (Å²) in [5.74, 6) is 0.0891. The van der Waals surface area contributed by atoms with Crippen LogP contribution in [0.15, 0.2) is 24.3 Å². The number of methoxy groups -OCH3 is 2. The van der Waals surface area contributed by atoms with Crippen LogP contribution in [0.4, 0.5) is 0 Å². The first-order valence-electron chi connectivity index (χ1n) is 4.60. The molecular formula is C12H12O4. The number of carbonyl (C=O) groups excluding carboxylic acids is 2. The minimum Gasteiger partial charge on any atom is -0.496 e. The van der Waals surface area contributed by atoms with E-state index >= 15 is 0 Å². The van der Waals surface area contributed by atoms with Gasteiger partial charge in [-0.1, -0.05) is 12.1 Å². The first-order valence-corrected chi connectivity index (χ1v) is 4.60. The minimum absolute atomic E-state index is 0.443. The number of aldehydes is 1. The molecule has 0 N–H and O–H groups in total. The third-order valence-corrected chi connectivity index (χ3v) is 1.99. The average Bonchev–Trinajstić information content (AvgIpc) is 2.35. The Morgan fingerprint density at radius 1 is 1.31 bits per heavy atom. The number of hydrogen-bond acceptors (Lipinski definition) is 4. The topological polar surface area (TPSA) is 52.6 Å². The van der Waals surface area contributed by atoms with Gasteiger partial charge < -0.3 is 9.47 Å². The molecule has 0 bridgehead atoms. The van der Waals surface area contributed by atoms with E-state index in [1.165, 1.54) is 20.3 Å². The lowest BCUT2D eigenvalue weighted by atomic mass is 10.1. The molecule has 0 aliphatic heterocycles. The van der Waals surface area contributed by atoms with Crippen LogP contribution in [-0.4, -0.2) is 26.5 Å². The minimum atomic E-state index is -0.443. The molecule has 1 rings (SSSR count).